The Balaban J connectivity index is 2.09. The van der Waals surface area contributed by atoms with Crippen molar-refractivity contribution in [3.8, 4) is 0 Å². The van der Waals surface area contributed by atoms with Crippen molar-refractivity contribution >= 4 is 34.7 Å². The van der Waals surface area contributed by atoms with Crippen LogP contribution in [-0.4, -0.2) is 21.4 Å². The number of nitrogens with one attached hydrogen (secondary N) is 1. The molecule has 0 unspecified atom stereocenters. The molecule has 1 N–H and O–H groups in total. The van der Waals surface area contributed by atoms with Gasteiger partial charge in [0.15, 0.2) is 4.34 Å². The van der Waals surface area contributed by atoms with E-state index in [1.54, 1.807) is 13.8 Å². The van der Waals surface area contributed by atoms with Crippen LogP contribution in [0.25, 0.3) is 0 Å². The second-order valence-corrected chi connectivity index (χ2v) is 7.15. The minimum atomic E-state index is -4.52. The molecule has 0 radical (unpaired) electrons. The van der Waals surface area contributed by atoms with Crippen molar-refractivity contribution in [2.75, 3.05) is 5.32 Å². The fourth-order valence-corrected chi connectivity index (χ4v) is 3.56. The summed E-state index contributed by atoms with van der Waals surface area (Å²) in [5, 5.41) is 10.2. The van der Waals surface area contributed by atoms with E-state index in [9.17, 15) is 18.0 Å². The quantitative estimate of drug-likeness (QED) is 0.850. The maximum Gasteiger partial charge on any atom is 0.418 e. The van der Waals surface area contributed by atoms with Crippen molar-refractivity contribution < 1.29 is 18.0 Å². The average molecular weight is 347 g/mol. The Morgan fingerprint density at radius 1 is 1.32 bits per heavy atom. The highest BCUT2D eigenvalue weighted by Crippen LogP contribution is 2.35. The van der Waals surface area contributed by atoms with Gasteiger partial charge in [0, 0.05) is 0 Å². The van der Waals surface area contributed by atoms with Crippen LogP contribution in [0.4, 0.5) is 18.9 Å². The zero-order valence-electron chi connectivity index (χ0n) is 11.6. The van der Waals surface area contributed by atoms with Gasteiger partial charge in [-0.25, -0.2) is 0 Å². The van der Waals surface area contributed by atoms with E-state index in [4.69, 9.17) is 0 Å². The van der Waals surface area contributed by atoms with E-state index in [0.717, 1.165) is 22.8 Å². The minimum absolute atomic E-state index is 0.249. The first-order valence-electron chi connectivity index (χ1n) is 6.21. The fraction of sp³-hybridized carbons (Fsp3) is 0.308. The molecule has 2 aromatic rings. The summed E-state index contributed by atoms with van der Waals surface area (Å²) in [6.07, 6.45) is -4.52. The SMILES string of the molecule is Cc1nnc(S[C@H](C)C(=O)Nc2ccccc2C(F)(F)F)s1. The van der Waals surface area contributed by atoms with Crippen molar-refractivity contribution in [3.05, 3.63) is 34.8 Å². The van der Waals surface area contributed by atoms with Crippen molar-refractivity contribution in [3.63, 3.8) is 0 Å². The molecule has 0 fully saturated rings. The summed E-state index contributed by atoms with van der Waals surface area (Å²) < 4.78 is 39.2. The van der Waals surface area contributed by atoms with E-state index in [-0.39, 0.29) is 5.69 Å². The second kappa shape index (κ2) is 6.66. The molecule has 1 atom stereocenters. The Morgan fingerprint density at radius 2 is 2.00 bits per heavy atom. The third-order valence-corrected chi connectivity index (χ3v) is 4.67. The Hall–Kier alpha value is -1.61. The number of anilines is 1. The normalized spacial score (nSPS) is 13.0. The minimum Gasteiger partial charge on any atom is -0.325 e. The predicted molar refractivity (Wildman–Crippen MR) is 80.0 cm³/mol. The Kier molecular flexibility index (Phi) is 5.07. The number of para-hydroxylation sites is 1. The van der Waals surface area contributed by atoms with Gasteiger partial charge in [-0.2, -0.15) is 13.2 Å². The van der Waals surface area contributed by atoms with Crippen molar-refractivity contribution in [1.29, 1.82) is 0 Å². The first-order chi connectivity index (χ1) is 10.3. The van der Waals surface area contributed by atoms with Crippen LogP contribution in [-0.2, 0) is 11.0 Å². The van der Waals surface area contributed by atoms with E-state index in [1.165, 1.54) is 29.5 Å². The van der Waals surface area contributed by atoms with Gasteiger partial charge in [0.2, 0.25) is 5.91 Å². The molecule has 0 aliphatic heterocycles. The smallest absolute Gasteiger partial charge is 0.325 e. The van der Waals surface area contributed by atoms with Crippen LogP contribution in [0, 0.1) is 6.92 Å². The van der Waals surface area contributed by atoms with Gasteiger partial charge in [-0.15, -0.1) is 10.2 Å². The Morgan fingerprint density at radius 3 is 2.59 bits per heavy atom. The average Bonchev–Trinajstić information content (AvgIpc) is 2.83. The first-order valence-corrected chi connectivity index (χ1v) is 7.91. The number of halogens is 3. The maximum absolute atomic E-state index is 12.9. The molecular weight excluding hydrogens is 335 g/mol. The van der Waals surface area contributed by atoms with Crippen LogP contribution in [0.15, 0.2) is 28.6 Å². The highest BCUT2D eigenvalue weighted by atomic mass is 32.2. The van der Waals surface area contributed by atoms with Gasteiger partial charge in [-0.1, -0.05) is 35.2 Å². The fourth-order valence-electron chi connectivity index (χ4n) is 1.60. The molecule has 0 spiro atoms. The van der Waals surface area contributed by atoms with E-state index in [2.05, 4.69) is 15.5 Å². The molecule has 2 rings (SSSR count). The molecule has 1 heterocycles. The standard InChI is InChI=1S/C13H12F3N3OS2/c1-7(21-12-19-18-8(2)22-12)11(20)17-10-6-4-3-5-9(10)13(14,15)16/h3-7H,1-2H3,(H,17,20)/t7-/m1/s1. The first kappa shape index (κ1) is 16.8. The summed E-state index contributed by atoms with van der Waals surface area (Å²) in [4.78, 5) is 12.1. The summed E-state index contributed by atoms with van der Waals surface area (Å²) in [6, 6.07) is 4.88. The van der Waals surface area contributed by atoms with Crippen LogP contribution in [0.3, 0.4) is 0 Å². The lowest BCUT2D eigenvalue weighted by atomic mass is 10.1. The van der Waals surface area contributed by atoms with Crippen LogP contribution in [0.1, 0.15) is 17.5 Å². The zero-order valence-corrected chi connectivity index (χ0v) is 13.3. The number of benzene rings is 1. The third kappa shape index (κ3) is 4.20. The molecule has 118 valence electrons. The van der Waals surface area contributed by atoms with Crippen molar-refractivity contribution in [2.45, 2.75) is 29.6 Å². The number of carbonyl (C=O) groups excluding carboxylic acids is 1. The second-order valence-electron chi connectivity index (χ2n) is 4.38. The summed E-state index contributed by atoms with van der Waals surface area (Å²) in [7, 11) is 0. The molecule has 1 amide bonds. The summed E-state index contributed by atoms with van der Waals surface area (Å²) in [6.45, 7) is 3.39. The van der Waals surface area contributed by atoms with Gasteiger partial charge in [-0.05, 0) is 26.0 Å². The monoisotopic (exact) mass is 347 g/mol. The molecule has 1 aromatic carbocycles. The number of carbonyl (C=O) groups is 1. The molecule has 0 aliphatic rings. The Labute approximate surface area is 133 Å². The number of alkyl halides is 3. The highest BCUT2D eigenvalue weighted by Gasteiger charge is 2.33. The molecule has 0 saturated carbocycles. The number of thioether (sulfide) groups is 1. The lowest BCUT2D eigenvalue weighted by Crippen LogP contribution is -2.24. The largest absolute Gasteiger partial charge is 0.418 e. The molecule has 0 saturated heterocycles. The van der Waals surface area contributed by atoms with Crippen LogP contribution >= 0.6 is 23.1 Å². The number of hydrogen-bond donors (Lipinski definition) is 1. The van der Waals surface area contributed by atoms with E-state index in [0.29, 0.717) is 4.34 Å². The van der Waals surface area contributed by atoms with Crippen LogP contribution in [0.5, 0.6) is 0 Å². The predicted octanol–water partition coefficient (Wildman–Crippen LogP) is 3.98. The molecule has 9 heteroatoms. The number of aryl methyl sites for hydroxylation is 1. The molecule has 0 bridgehead atoms. The maximum atomic E-state index is 12.9. The number of aromatic nitrogens is 2. The van der Waals surface area contributed by atoms with Crippen molar-refractivity contribution in [2.24, 2.45) is 0 Å². The van der Waals surface area contributed by atoms with Gasteiger partial charge in [-0.3, -0.25) is 4.79 Å². The van der Waals surface area contributed by atoms with Gasteiger partial charge < -0.3 is 5.32 Å². The van der Waals surface area contributed by atoms with Crippen molar-refractivity contribution in [1.82, 2.24) is 10.2 Å². The number of hydrogen-bond acceptors (Lipinski definition) is 5. The van der Waals surface area contributed by atoms with Crippen LogP contribution in [0.2, 0.25) is 0 Å². The molecule has 22 heavy (non-hydrogen) atoms. The van der Waals surface area contributed by atoms with Gasteiger partial charge >= 0.3 is 6.18 Å². The van der Waals surface area contributed by atoms with Gasteiger partial charge in [0.1, 0.15) is 5.01 Å². The molecular formula is C13H12F3N3OS2. The van der Waals surface area contributed by atoms with E-state index < -0.39 is 22.9 Å². The summed E-state index contributed by atoms with van der Waals surface area (Å²) in [5.74, 6) is -0.519. The Bertz CT molecular complexity index is 673. The van der Waals surface area contributed by atoms with Crippen LogP contribution < -0.4 is 5.32 Å². The van der Waals surface area contributed by atoms with E-state index >= 15 is 0 Å². The summed E-state index contributed by atoms with van der Waals surface area (Å²) in [5.41, 5.74) is -1.12. The lowest BCUT2D eigenvalue weighted by molar-refractivity contribution is -0.137. The number of amides is 1. The zero-order chi connectivity index (χ0) is 16.3. The molecule has 1 aromatic heterocycles. The highest BCUT2D eigenvalue weighted by molar-refractivity contribution is 8.02. The molecule has 4 nitrogen and oxygen atoms in total. The van der Waals surface area contributed by atoms with E-state index in [1.807, 2.05) is 0 Å². The summed E-state index contributed by atoms with van der Waals surface area (Å²) >= 11 is 2.48. The number of rotatable bonds is 4. The lowest BCUT2D eigenvalue weighted by Gasteiger charge is -2.15. The van der Waals surface area contributed by atoms with Gasteiger partial charge in [0.05, 0.1) is 16.5 Å². The topological polar surface area (TPSA) is 54.9 Å². The number of nitrogens with zero attached hydrogens (tertiary/aromatic N) is 2. The molecule has 0 aliphatic carbocycles. The third-order valence-electron chi connectivity index (χ3n) is 2.64. The van der Waals surface area contributed by atoms with Gasteiger partial charge in [0.25, 0.3) is 0 Å².